The first-order chi connectivity index (χ1) is 14.4. The quantitative estimate of drug-likeness (QED) is 0.545. The minimum absolute atomic E-state index is 0.0197. The Balaban J connectivity index is 1.52. The number of nitrogens with one attached hydrogen (secondary N) is 2. The van der Waals surface area contributed by atoms with Crippen LogP contribution in [0.3, 0.4) is 0 Å². The SMILES string of the molecule is CCOc1ccc(S(=O)(=O)NCCC(=O)NC(C)c2ccc3ccccc3c2)cc1. The van der Waals surface area contributed by atoms with E-state index in [9.17, 15) is 13.2 Å². The highest BCUT2D eigenvalue weighted by molar-refractivity contribution is 7.89. The van der Waals surface area contributed by atoms with Crippen molar-refractivity contribution in [2.75, 3.05) is 13.2 Å². The van der Waals surface area contributed by atoms with Gasteiger partial charge in [0.25, 0.3) is 0 Å². The fraction of sp³-hybridized carbons (Fsp3) is 0.261. The van der Waals surface area contributed by atoms with Crippen LogP contribution in [0.1, 0.15) is 31.9 Å². The number of benzene rings is 3. The van der Waals surface area contributed by atoms with Gasteiger partial charge in [0.1, 0.15) is 5.75 Å². The maximum absolute atomic E-state index is 12.4. The minimum Gasteiger partial charge on any atom is -0.494 e. The Bertz CT molecular complexity index is 1110. The molecule has 0 aliphatic heterocycles. The molecule has 0 radical (unpaired) electrons. The van der Waals surface area contributed by atoms with Gasteiger partial charge in [-0.2, -0.15) is 0 Å². The largest absolute Gasteiger partial charge is 0.494 e. The molecule has 0 aliphatic carbocycles. The molecule has 7 heteroatoms. The molecular formula is C23H26N2O4S. The Morgan fingerprint density at radius 1 is 1.00 bits per heavy atom. The van der Waals surface area contributed by atoms with Gasteiger partial charge in [-0.1, -0.05) is 36.4 Å². The predicted molar refractivity (Wildman–Crippen MR) is 118 cm³/mol. The monoisotopic (exact) mass is 426 g/mol. The van der Waals surface area contributed by atoms with Crippen LogP contribution < -0.4 is 14.8 Å². The van der Waals surface area contributed by atoms with Crippen molar-refractivity contribution in [2.45, 2.75) is 31.2 Å². The van der Waals surface area contributed by atoms with Gasteiger partial charge in [0, 0.05) is 13.0 Å². The van der Waals surface area contributed by atoms with Crippen LogP contribution in [0, 0.1) is 0 Å². The average Bonchev–Trinajstić information content (AvgIpc) is 2.74. The van der Waals surface area contributed by atoms with Crippen LogP contribution in [0.25, 0.3) is 10.8 Å². The van der Waals surface area contributed by atoms with Gasteiger partial charge < -0.3 is 10.1 Å². The standard InChI is InChI=1S/C23H26N2O4S/c1-3-29-21-10-12-22(13-11-21)30(27,28)24-15-14-23(26)25-17(2)19-9-8-18-6-4-5-7-20(18)16-19/h4-13,16-17,24H,3,14-15H2,1-2H3,(H,25,26). The van der Waals surface area contributed by atoms with Gasteiger partial charge in [0.05, 0.1) is 17.5 Å². The molecule has 6 nitrogen and oxygen atoms in total. The molecule has 0 saturated carbocycles. The zero-order chi connectivity index (χ0) is 21.6. The molecule has 0 aromatic heterocycles. The lowest BCUT2D eigenvalue weighted by atomic mass is 10.0. The molecule has 3 rings (SSSR count). The zero-order valence-electron chi connectivity index (χ0n) is 17.1. The highest BCUT2D eigenvalue weighted by atomic mass is 32.2. The summed E-state index contributed by atoms with van der Waals surface area (Å²) in [5, 5.41) is 5.17. The molecule has 1 atom stereocenters. The molecule has 0 saturated heterocycles. The number of rotatable bonds is 9. The van der Waals surface area contributed by atoms with Crippen molar-refractivity contribution in [3.63, 3.8) is 0 Å². The summed E-state index contributed by atoms with van der Waals surface area (Å²) in [6, 6.07) is 20.1. The molecular weight excluding hydrogens is 400 g/mol. The second-order valence-corrected chi connectivity index (χ2v) is 8.71. The van der Waals surface area contributed by atoms with Crippen molar-refractivity contribution in [3.05, 3.63) is 72.3 Å². The average molecular weight is 427 g/mol. The third-order valence-corrected chi connectivity index (χ3v) is 6.22. The molecule has 0 spiro atoms. The van der Waals surface area contributed by atoms with E-state index in [1.54, 1.807) is 12.1 Å². The van der Waals surface area contributed by atoms with E-state index in [0.29, 0.717) is 12.4 Å². The molecule has 1 unspecified atom stereocenters. The Kier molecular flexibility index (Phi) is 7.07. The lowest BCUT2D eigenvalue weighted by Crippen LogP contribution is -2.32. The lowest BCUT2D eigenvalue weighted by molar-refractivity contribution is -0.121. The summed E-state index contributed by atoms with van der Waals surface area (Å²) < 4.78 is 32.5. The van der Waals surface area contributed by atoms with Crippen molar-refractivity contribution in [2.24, 2.45) is 0 Å². The van der Waals surface area contributed by atoms with Gasteiger partial charge in [-0.3, -0.25) is 4.79 Å². The molecule has 2 N–H and O–H groups in total. The van der Waals surface area contributed by atoms with E-state index in [-0.39, 0.29) is 29.8 Å². The molecule has 30 heavy (non-hydrogen) atoms. The third kappa shape index (κ3) is 5.58. The highest BCUT2D eigenvalue weighted by Crippen LogP contribution is 2.20. The second kappa shape index (κ2) is 9.73. The van der Waals surface area contributed by atoms with Crippen LogP contribution in [-0.4, -0.2) is 27.5 Å². The maximum atomic E-state index is 12.4. The first-order valence-corrected chi connectivity index (χ1v) is 11.4. The normalized spacial score (nSPS) is 12.5. The molecule has 158 valence electrons. The molecule has 1 amide bonds. The van der Waals surface area contributed by atoms with Gasteiger partial charge in [-0.15, -0.1) is 0 Å². The topological polar surface area (TPSA) is 84.5 Å². The summed E-state index contributed by atoms with van der Waals surface area (Å²) in [4.78, 5) is 12.4. The maximum Gasteiger partial charge on any atom is 0.240 e. The van der Waals surface area contributed by atoms with Crippen molar-refractivity contribution < 1.29 is 17.9 Å². The van der Waals surface area contributed by atoms with E-state index in [1.807, 2.05) is 50.2 Å². The fourth-order valence-electron chi connectivity index (χ4n) is 3.14. The van der Waals surface area contributed by atoms with Crippen LogP contribution in [0.2, 0.25) is 0 Å². The van der Waals surface area contributed by atoms with E-state index in [0.717, 1.165) is 16.3 Å². The van der Waals surface area contributed by atoms with Crippen LogP contribution in [0.15, 0.2) is 71.6 Å². The molecule has 3 aromatic carbocycles. The summed E-state index contributed by atoms with van der Waals surface area (Å²) in [6.45, 7) is 4.30. The number of ether oxygens (including phenoxy) is 1. The van der Waals surface area contributed by atoms with E-state index < -0.39 is 10.0 Å². The number of carbonyl (C=O) groups excluding carboxylic acids is 1. The Morgan fingerprint density at radius 3 is 2.40 bits per heavy atom. The first kappa shape index (κ1) is 21.8. The number of carbonyl (C=O) groups is 1. The highest BCUT2D eigenvalue weighted by Gasteiger charge is 2.15. The van der Waals surface area contributed by atoms with Crippen molar-refractivity contribution in [1.82, 2.24) is 10.0 Å². The number of fused-ring (bicyclic) bond motifs is 1. The lowest BCUT2D eigenvalue weighted by Gasteiger charge is -2.15. The molecule has 0 heterocycles. The Hall–Kier alpha value is -2.90. The fourth-order valence-corrected chi connectivity index (χ4v) is 4.17. The summed E-state index contributed by atoms with van der Waals surface area (Å²) in [5.74, 6) is 0.392. The van der Waals surface area contributed by atoms with Crippen LogP contribution in [0.4, 0.5) is 0 Å². The van der Waals surface area contributed by atoms with E-state index in [2.05, 4.69) is 16.1 Å². The van der Waals surface area contributed by atoms with Crippen LogP contribution in [-0.2, 0) is 14.8 Å². The molecule has 3 aromatic rings. The van der Waals surface area contributed by atoms with Gasteiger partial charge in [-0.25, -0.2) is 13.1 Å². The van der Waals surface area contributed by atoms with Gasteiger partial charge in [-0.05, 0) is 60.5 Å². The third-order valence-electron chi connectivity index (χ3n) is 4.74. The summed E-state index contributed by atoms with van der Waals surface area (Å²) >= 11 is 0. The summed E-state index contributed by atoms with van der Waals surface area (Å²) in [6.07, 6.45) is 0.0498. The number of sulfonamides is 1. The first-order valence-electron chi connectivity index (χ1n) is 9.89. The summed E-state index contributed by atoms with van der Waals surface area (Å²) in [7, 11) is -3.68. The van der Waals surface area contributed by atoms with E-state index in [4.69, 9.17) is 4.74 Å². The Labute approximate surface area is 177 Å². The van der Waals surface area contributed by atoms with E-state index in [1.165, 1.54) is 12.1 Å². The molecule has 0 bridgehead atoms. The van der Waals surface area contributed by atoms with Crippen LogP contribution >= 0.6 is 0 Å². The van der Waals surface area contributed by atoms with Gasteiger partial charge >= 0.3 is 0 Å². The van der Waals surface area contributed by atoms with Crippen molar-refractivity contribution >= 4 is 26.7 Å². The van der Waals surface area contributed by atoms with Gasteiger partial charge in [0.2, 0.25) is 15.9 Å². The van der Waals surface area contributed by atoms with Gasteiger partial charge in [0.15, 0.2) is 0 Å². The Morgan fingerprint density at radius 2 is 1.70 bits per heavy atom. The number of hydrogen-bond acceptors (Lipinski definition) is 4. The molecule has 0 fully saturated rings. The molecule has 0 aliphatic rings. The minimum atomic E-state index is -3.68. The summed E-state index contributed by atoms with van der Waals surface area (Å²) in [5.41, 5.74) is 0.997. The van der Waals surface area contributed by atoms with Crippen molar-refractivity contribution in [1.29, 1.82) is 0 Å². The zero-order valence-corrected chi connectivity index (χ0v) is 17.9. The predicted octanol–water partition coefficient (Wildman–Crippen LogP) is 3.78. The number of amides is 1. The van der Waals surface area contributed by atoms with Crippen LogP contribution in [0.5, 0.6) is 5.75 Å². The smallest absolute Gasteiger partial charge is 0.240 e. The second-order valence-electron chi connectivity index (χ2n) is 6.95. The van der Waals surface area contributed by atoms with E-state index >= 15 is 0 Å². The van der Waals surface area contributed by atoms with Crippen molar-refractivity contribution in [3.8, 4) is 5.75 Å². The number of hydrogen-bond donors (Lipinski definition) is 2.